The van der Waals surface area contributed by atoms with Gasteiger partial charge in [-0.15, -0.1) is 0 Å². The van der Waals surface area contributed by atoms with Crippen molar-refractivity contribution in [3.8, 4) is 0 Å². The first-order valence-corrected chi connectivity index (χ1v) is 7.52. The van der Waals surface area contributed by atoms with Crippen LogP contribution in [0.25, 0.3) is 11.0 Å². The van der Waals surface area contributed by atoms with Crippen LogP contribution < -0.4 is 0 Å². The Balaban J connectivity index is 1.71. The highest BCUT2D eigenvalue weighted by atomic mass is 32.2. The SMILES string of the molecule is C[C@H](Sc1nc2ccccc2[nH]1)C(=O)N1CCCC1. The number of aromatic amines is 1. The number of aromatic nitrogens is 2. The molecule has 1 aromatic carbocycles. The third-order valence-corrected chi connectivity index (χ3v) is 4.39. The van der Waals surface area contributed by atoms with Gasteiger partial charge in [-0.2, -0.15) is 0 Å². The van der Waals surface area contributed by atoms with Crippen LogP contribution in [0.15, 0.2) is 29.4 Å². The van der Waals surface area contributed by atoms with Crippen LogP contribution >= 0.6 is 11.8 Å². The lowest BCUT2D eigenvalue weighted by atomic mass is 10.3. The number of para-hydroxylation sites is 2. The molecule has 0 saturated carbocycles. The molecule has 0 radical (unpaired) electrons. The van der Waals surface area contributed by atoms with Gasteiger partial charge in [0.2, 0.25) is 5.91 Å². The third-order valence-electron chi connectivity index (χ3n) is 3.42. The molecule has 1 saturated heterocycles. The summed E-state index contributed by atoms with van der Waals surface area (Å²) in [5, 5.41) is 0.736. The summed E-state index contributed by atoms with van der Waals surface area (Å²) in [7, 11) is 0. The zero-order valence-electron chi connectivity index (χ0n) is 10.9. The van der Waals surface area contributed by atoms with E-state index in [1.807, 2.05) is 36.1 Å². The molecule has 0 unspecified atom stereocenters. The molecule has 1 aromatic heterocycles. The first-order chi connectivity index (χ1) is 9.24. The van der Waals surface area contributed by atoms with Crippen molar-refractivity contribution in [2.24, 2.45) is 0 Å². The van der Waals surface area contributed by atoms with Crippen molar-refractivity contribution in [1.82, 2.24) is 14.9 Å². The number of hydrogen-bond acceptors (Lipinski definition) is 3. The van der Waals surface area contributed by atoms with Gasteiger partial charge in [-0.3, -0.25) is 4.79 Å². The number of likely N-dealkylation sites (tertiary alicyclic amines) is 1. The predicted octanol–water partition coefficient (Wildman–Crippen LogP) is 2.67. The molecule has 0 bridgehead atoms. The van der Waals surface area contributed by atoms with Gasteiger partial charge in [-0.25, -0.2) is 4.98 Å². The van der Waals surface area contributed by atoms with E-state index < -0.39 is 0 Å². The van der Waals surface area contributed by atoms with Crippen LogP contribution in [0.3, 0.4) is 0 Å². The van der Waals surface area contributed by atoms with Crippen LogP contribution in [0.1, 0.15) is 19.8 Å². The molecule has 2 aromatic rings. The normalized spacial score (nSPS) is 17.0. The molecule has 3 rings (SSSR count). The fourth-order valence-electron chi connectivity index (χ4n) is 2.40. The van der Waals surface area contributed by atoms with E-state index in [4.69, 9.17) is 0 Å². The molecule has 1 aliphatic heterocycles. The predicted molar refractivity (Wildman–Crippen MR) is 77.2 cm³/mol. The summed E-state index contributed by atoms with van der Waals surface area (Å²) in [4.78, 5) is 21.9. The van der Waals surface area contributed by atoms with Crippen LogP contribution in [0.4, 0.5) is 0 Å². The van der Waals surface area contributed by atoms with Crippen molar-refractivity contribution in [3.63, 3.8) is 0 Å². The summed E-state index contributed by atoms with van der Waals surface area (Å²) in [6.07, 6.45) is 2.27. The van der Waals surface area contributed by atoms with E-state index >= 15 is 0 Å². The molecule has 19 heavy (non-hydrogen) atoms. The first kappa shape index (κ1) is 12.5. The molecule has 100 valence electrons. The van der Waals surface area contributed by atoms with Crippen molar-refractivity contribution in [1.29, 1.82) is 0 Å². The molecule has 0 aliphatic carbocycles. The van der Waals surface area contributed by atoms with E-state index in [0.29, 0.717) is 0 Å². The number of carbonyl (C=O) groups excluding carboxylic acids is 1. The second-order valence-electron chi connectivity index (χ2n) is 4.85. The zero-order valence-corrected chi connectivity index (χ0v) is 11.7. The third kappa shape index (κ3) is 2.61. The number of benzene rings is 1. The molecule has 1 atom stereocenters. The van der Waals surface area contributed by atoms with Crippen LogP contribution in [0, 0.1) is 0 Å². The lowest BCUT2D eigenvalue weighted by Crippen LogP contribution is -2.34. The number of carbonyl (C=O) groups is 1. The topological polar surface area (TPSA) is 49.0 Å². The summed E-state index contributed by atoms with van der Waals surface area (Å²) in [6, 6.07) is 7.92. The standard InChI is InChI=1S/C14H17N3OS/c1-10(13(18)17-8-4-5-9-17)19-14-15-11-6-2-3-7-12(11)16-14/h2-3,6-7,10H,4-5,8-9H2,1H3,(H,15,16)/t10-/m0/s1. The van der Waals surface area contributed by atoms with Crippen LogP contribution in [0.5, 0.6) is 0 Å². The molecule has 5 heteroatoms. The van der Waals surface area contributed by atoms with Crippen LogP contribution in [-0.2, 0) is 4.79 Å². The van der Waals surface area contributed by atoms with Crippen LogP contribution in [-0.4, -0.2) is 39.1 Å². The van der Waals surface area contributed by atoms with Crippen molar-refractivity contribution < 1.29 is 4.79 Å². The Bertz CT molecular complexity index is 556. The van der Waals surface area contributed by atoms with Gasteiger partial charge in [0.1, 0.15) is 0 Å². The molecule has 1 N–H and O–H groups in total. The summed E-state index contributed by atoms with van der Waals surface area (Å²) in [6.45, 7) is 3.77. The number of imidazole rings is 1. The molecular formula is C14H17N3OS. The summed E-state index contributed by atoms with van der Waals surface area (Å²) in [5.74, 6) is 0.225. The Morgan fingerprint density at radius 1 is 1.37 bits per heavy atom. The van der Waals surface area contributed by atoms with E-state index in [1.54, 1.807) is 0 Å². The minimum atomic E-state index is -0.0846. The maximum atomic E-state index is 12.2. The lowest BCUT2D eigenvalue weighted by molar-refractivity contribution is -0.129. The fraction of sp³-hybridized carbons (Fsp3) is 0.429. The van der Waals surface area contributed by atoms with Gasteiger partial charge in [0.25, 0.3) is 0 Å². The number of nitrogens with one attached hydrogen (secondary N) is 1. The average Bonchev–Trinajstić information content (AvgIpc) is 3.06. The van der Waals surface area contributed by atoms with Gasteiger partial charge in [-0.1, -0.05) is 23.9 Å². The second-order valence-corrected chi connectivity index (χ2v) is 6.18. The van der Waals surface area contributed by atoms with E-state index in [-0.39, 0.29) is 11.2 Å². The van der Waals surface area contributed by atoms with Gasteiger partial charge in [0.15, 0.2) is 5.16 Å². The Labute approximate surface area is 116 Å². The van der Waals surface area contributed by atoms with Gasteiger partial charge in [0, 0.05) is 13.1 Å². The van der Waals surface area contributed by atoms with Gasteiger partial charge >= 0.3 is 0 Å². The largest absolute Gasteiger partial charge is 0.342 e. The maximum Gasteiger partial charge on any atom is 0.235 e. The highest BCUT2D eigenvalue weighted by Gasteiger charge is 2.24. The Morgan fingerprint density at radius 2 is 2.11 bits per heavy atom. The zero-order chi connectivity index (χ0) is 13.2. The van der Waals surface area contributed by atoms with E-state index in [2.05, 4.69) is 9.97 Å². The molecular weight excluding hydrogens is 258 g/mol. The highest BCUT2D eigenvalue weighted by molar-refractivity contribution is 8.00. The molecule has 2 heterocycles. The maximum absolute atomic E-state index is 12.2. The molecule has 1 aliphatic rings. The number of rotatable bonds is 3. The number of H-pyrrole nitrogens is 1. The second kappa shape index (κ2) is 5.25. The minimum absolute atomic E-state index is 0.0846. The molecule has 1 amide bonds. The van der Waals surface area contributed by atoms with E-state index in [1.165, 1.54) is 11.8 Å². The lowest BCUT2D eigenvalue weighted by Gasteiger charge is -2.19. The first-order valence-electron chi connectivity index (χ1n) is 6.64. The number of amides is 1. The Kier molecular flexibility index (Phi) is 3.46. The molecule has 0 spiro atoms. The number of hydrogen-bond donors (Lipinski definition) is 1. The Morgan fingerprint density at radius 3 is 2.84 bits per heavy atom. The smallest absolute Gasteiger partial charge is 0.235 e. The van der Waals surface area contributed by atoms with Crippen molar-refractivity contribution in [2.45, 2.75) is 30.2 Å². The van der Waals surface area contributed by atoms with Gasteiger partial charge < -0.3 is 9.88 Å². The summed E-state index contributed by atoms with van der Waals surface area (Å²) >= 11 is 1.51. The van der Waals surface area contributed by atoms with Crippen LogP contribution in [0.2, 0.25) is 0 Å². The van der Waals surface area contributed by atoms with E-state index in [9.17, 15) is 4.79 Å². The number of thioether (sulfide) groups is 1. The summed E-state index contributed by atoms with van der Waals surface area (Å²) in [5.41, 5.74) is 1.97. The van der Waals surface area contributed by atoms with Crippen molar-refractivity contribution >= 4 is 28.7 Å². The molecule has 4 nitrogen and oxygen atoms in total. The van der Waals surface area contributed by atoms with Gasteiger partial charge in [-0.05, 0) is 31.9 Å². The van der Waals surface area contributed by atoms with Crippen molar-refractivity contribution in [2.75, 3.05) is 13.1 Å². The highest BCUT2D eigenvalue weighted by Crippen LogP contribution is 2.25. The Hall–Kier alpha value is -1.49. The van der Waals surface area contributed by atoms with E-state index in [0.717, 1.165) is 42.1 Å². The van der Waals surface area contributed by atoms with Crippen molar-refractivity contribution in [3.05, 3.63) is 24.3 Å². The quantitative estimate of drug-likeness (QED) is 0.876. The minimum Gasteiger partial charge on any atom is -0.342 e. The monoisotopic (exact) mass is 275 g/mol. The average molecular weight is 275 g/mol. The number of nitrogens with zero attached hydrogens (tertiary/aromatic N) is 2. The fourth-order valence-corrected chi connectivity index (χ4v) is 3.30. The van der Waals surface area contributed by atoms with Gasteiger partial charge in [0.05, 0.1) is 16.3 Å². The number of fused-ring (bicyclic) bond motifs is 1. The molecule has 1 fully saturated rings. The summed E-state index contributed by atoms with van der Waals surface area (Å²) < 4.78 is 0.